The Balaban J connectivity index is 1.41. The number of morpholine rings is 1. The Labute approximate surface area is 190 Å². The summed E-state index contributed by atoms with van der Waals surface area (Å²) in [6.07, 6.45) is 1.22. The number of hydrogen-bond acceptors (Lipinski definition) is 4. The second-order valence-corrected chi connectivity index (χ2v) is 9.41. The SMILES string of the molecule is CN=C(NCC(c1ccccc1)c1ccccc1)NCC1(N2CCOCC2)CCSC1. The molecule has 0 spiro atoms. The Kier molecular flexibility index (Phi) is 7.89. The van der Waals surface area contributed by atoms with Crippen LogP contribution in [0.4, 0.5) is 0 Å². The fourth-order valence-electron chi connectivity index (χ4n) is 4.60. The molecule has 4 rings (SSSR count). The zero-order valence-corrected chi connectivity index (χ0v) is 19.2. The fraction of sp³-hybridized carbons (Fsp3) is 0.480. The summed E-state index contributed by atoms with van der Waals surface area (Å²) >= 11 is 2.06. The first-order chi connectivity index (χ1) is 15.3. The molecule has 5 nitrogen and oxygen atoms in total. The molecule has 0 bridgehead atoms. The van der Waals surface area contributed by atoms with Gasteiger partial charge in [0, 0.05) is 50.4 Å². The molecule has 6 heteroatoms. The van der Waals surface area contributed by atoms with Gasteiger partial charge in [0.2, 0.25) is 0 Å². The van der Waals surface area contributed by atoms with E-state index in [4.69, 9.17) is 4.74 Å². The van der Waals surface area contributed by atoms with Gasteiger partial charge in [-0.3, -0.25) is 9.89 Å². The normalized spacial score (nSPS) is 22.6. The lowest BCUT2D eigenvalue weighted by molar-refractivity contribution is -0.0120. The number of benzene rings is 2. The van der Waals surface area contributed by atoms with Crippen LogP contribution in [-0.2, 0) is 4.74 Å². The summed E-state index contributed by atoms with van der Waals surface area (Å²) in [5, 5.41) is 7.25. The van der Waals surface area contributed by atoms with Crippen molar-refractivity contribution in [2.75, 3.05) is 57.9 Å². The van der Waals surface area contributed by atoms with E-state index < -0.39 is 0 Å². The van der Waals surface area contributed by atoms with Crippen LogP contribution in [-0.4, -0.2) is 74.3 Å². The van der Waals surface area contributed by atoms with Crippen molar-refractivity contribution in [1.29, 1.82) is 0 Å². The molecule has 2 fully saturated rings. The number of thioether (sulfide) groups is 1. The average molecular weight is 439 g/mol. The van der Waals surface area contributed by atoms with Gasteiger partial charge >= 0.3 is 0 Å². The molecule has 2 aliphatic rings. The lowest BCUT2D eigenvalue weighted by Gasteiger charge is -2.43. The Morgan fingerprint density at radius 3 is 2.23 bits per heavy atom. The molecule has 0 aromatic heterocycles. The van der Waals surface area contributed by atoms with Crippen molar-refractivity contribution in [1.82, 2.24) is 15.5 Å². The van der Waals surface area contributed by atoms with Gasteiger partial charge in [-0.2, -0.15) is 11.8 Å². The number of nitrogens with zero attached hydrogens (tertiary/aromatic N) is 2. The summed E-state index contributed by atoms with van der Waals surface area (Å²) in [5.41, 5.74) is 2.83. The van der Waals surface area contributed by atoms with E-state index >= 15 is 0 Å². The molecule has 0 saturated carbocycles. The zero-order chi connectivity index (χ0) is 21.4. The third-order valence-electron chi connectivity index (χ3n) is 6.45. The summed E-state index contributed by atoms with van der Waals surface area (Å²) < 4.78 is 5.60. The summed E-state index contributed by atoms with van der Waals surface area (Å²) in [6.45, 7) is 5.45. The Morgan fingerprint density at radius 1 is 1.03 bits per heavy atom. The van der Waals surface area contributed by atoms with Crippen molar-refractivity contribution < 1.29 is 4.74 Å². The van der Waals surface area contributed by atoms with Gasteiger partial charge < -0.3 is 15.4 Å². The van der Waals surface area contributed by atoms with Crippen LogP contribution in [0, 0.1) is 0 Å². The first-order valence-corrected chi connectivity index (χ1v) is 12.4. The van der Waals surface area contributed by atoms with Gasteiger partial charge in [0.1, 0.15) is 0 Å². The highest BCUT2D eigenvalue weighted by Gasteiger charge is 2.40. The number of hydrogen-bond donors (Lipinski definition) is 2. The van der Waals surface area contributed by atoms with E-state index in [9.17, 15) is 0 Å². The predicted octanol–water partition coefficient (Wildman–Crippen LogP) is 3.19. The standard InChI is InChI=1S/C25H34N4OS/c1-26-24(28-19-25(12-17-31-20-25)29-13-15-30-16-14-29)27-18-23(21-8-4-2-5-9-21)22-10-6-3-7-11-22/h2-11,23H,12-20H2,1H3,(H2,26,27,28). The number of ether oxygens (including phenoxy) is 1. The van der Waals surface area contributed by atoms with Crippen LogP contribution in [0.5, 0.6) is 0 Å². The van der Waals surface area contributed by atoms with Gasteiger partial charge in [0.05, 0.1) is 13.2 Å². The van der Waals surface area contributed by atoms with Crippen molar-refractivity contribution in [3.8, 4) is 0 Å². The van der Waals surface area contributed by atoms with Gasteiger partial charge in [-0.05, 0) is 23.3 Å². The zero-order valence-electron chi connectivity index (χ0n) is 18.4. The maximum Gasteiger partial charge on any atom is 0.191 e. The highest BCUT2D eigenvalue weighted by atomic mass is 32.2. The smallest absolute Gasteiger partial charge is 0.191 e. The lowest BCUT2D eigenvalue weighted by Crippen LogP contribution is -2.60. The van der Waals surface area contributed by atoms with Gasteiger partial charge in [0.15, 0.2) is 5.96 Å². The van der Waals surface area contributed by atoms with E-state index in [0.717, 1.165) is 45.4 Å². The summed E-state index contributed by atoms with van der Waals surface area (Å²) in [5.74, 6) is 3.56. The van der Waals surface area contributed by atoms with Crippen LogP contribution in [0.3, 0.4) is 0 Å². The second-order valence-electron chi connectivity index (χ2n) is 8.31. The lowest BCUT2D eigenvalue weighted by atomic mass is 9.91. The van der Waals surface area contributed by atoms with Crippen molar-refractivity contribution in [2.24, 2.45) is 4.99 Å². The molecular weight excluding hydrogens is 404 g/mol. The van der Waals surface area contributed by atoms with Crippen LogP contribution >= 0.6 is 11.8 Å². The average Bonchev–Trinajstić information content (AvgIpc) is 3.33. The van der Waals surface area contributed by atoms with Crippen LogP contribution in [0.2, 0.25) is 0 Å². The number of nitrogens with one attached hydrogen (secondary N) is 2. The van der Waals surface area contributed by atoms with E-state index in [1.165, 1.54) is 29.1 Å². The minimum atomic E-state index is 0.199. The van der Waals surface area contributed by atoms with Gasteiger partial charge in [-0.25, -0.2) is 0 Å². The minimum absolute atomic E-state index is 0.199. The van der Waals surface area contributed by atoms with Crippen molar-refractivity contribution in [3.05, 3.63) is 71.8 Å². The van der Waals surface area contributed by atoms with E-state index in [2.05, 4.69) is 93.0 Å². The first kappa shape index (κ1) is 22.2. The molecular formula is C25H34N4OS. The molecule has 2 heterocycles. The molecule has 2 N–H and O–H groups in total. The Hall–Kier alpha value is -2.02. The molecule has 1 atom stereocenters. The van der Waals surface area contributed by atoms with E-state index in [1.54, 1.807) is 0 Å². The summed E-state index contributed by atoms with van der Waals surface area (Å²) in [6, 6.07) is 21.4. The van der Waals surface area contributed by atoms with E-state index in [1.807, 2.05) is 7.05 Å². The van der Waals surface area contributed by atoms with E-state index in [0.29, 0.717) is 0 Å². The molecule has 2 aromatic rings. The van der Waals surface area contributed by atoms with E-state index in [-0.39, 0.29) is 11.5 Å². The molecule has 2 aliphatic heterocycles. The third-order valence-corrected chi connectivity index (χ3v) is 7.68. The van der Waals surface area contributed by atoms with Crippen LogP contribution < -0.4 is 10.6 Å². The number of guanidine groups is 1. The van der Waals surface area contributed by atoms with Gasteiger partial charge in [-0.1, -0.05) is 60.7 Å². The molecule has 0 radical (unpaired) electrons. The molecule has 0 aliphatic carbocycles. The molecule has 2 saturated heterocycles. The Morgan fingerprint density at radius 2 is 1.68 bits per heavy atom. The largest absolute Gasteiger partial charge is 0.379 e. The highest BCUT2D eigenvalue weighted by Crippen LogP contribution is 2.33. The van der Waals surface area contributed by atoms with Crippen LogP contribution in [0.1, 0.15) is 23.5 Å². The number of rotatable bonds is 7. The quantitative estimate of drug-likeness (QED) is 0.514. The van der Waals surface area contributed by atoms with Crippen LogP contribution in [0.25, 0.3) is 0 Å². The van der Waals surface area contributed by atoms with Crippen molar-refractivity contribution in [2.45, 2.75) is 17.9 Å². The van der Waals surface area contributed by atoms with Crippen LogP contribution in [0.15, 0.2) is 65.7 Å². The fourth-order valence-corrected chi connectivity index (χ4v) is 6.08. The second kappa shape index (κ2) is 11.0. The van der Waals surface area contributed by atoms with Gasteiger partial charge in [0.25, 0.3) is 0 Å². The van der Waals surface area contributed by atoms with Crippen molar-refractivity contribution in [3.63, 3.8) is 0 Å². The maximum absolute atomic E-state index is 5.60. The van der Waals surface area contributed by atoms with Crippen molar-refractivity contribution >= 4 is 17.7 Å². The van der Waals surface area contributed by atoms with Gasteiger partial charge in [-0.15, -0.1) is 0 Å². The number of aliphatic imine (C=N–C) groups is 1. The summed E-state index contributed by atoms with van der Waals surface area (Å²) in [4.78, 5) is 7.16. The Bertz CT molecular complexity index is 778. The maximum atomic E-state index is 5.60. The molecule has 166 valence electrons. The third kappa shape index (κ3) is 5.62. The summed E-state index contributed by atoms with van der Waals surface area (Å²) in [7, 11) is 1.86. The first-order valence-electron chi connectivity index (χ1n) is 11.3. The highest BCUT2D eigenvalue weighted by molar-refractivity contribution is 7.99. The minimum Gasteiger partial charge on any atom is -0.379 e. The topological polar surface area (TPSA) is 48.9 Å². The molecule has 31 heavy (non-hydrogen) atoms. The molecule has 0 amide bonds. The molecule has 2 aromatic carbocycles. The monoisotopic (exact) mass is 438 g/mol. The predicted molar refractivity (Wildman–Crippen MR) is 131 cm³/mol. The molecule has 1 unspecified atom stereocenters.